The van der Waals surface area contributed by atoms with Crippen molar-refractivity contribution in [2.75, 3.05) is 18.8 Å². The first-order valence-corrected chi connectivity index (χ1v) is 8.58. The van der Waals surface area contributed by atoms with Crippen LogP contribution >= 0.6 is 0 Å². The van der Waals surface area contributed by atoms with Crippen molar-refractivity contribution in [3.8, 4) is 0 Å². The highest BCUT2D eigenvalue weighted by molar-refractivity contribution is 6.08. The number of hydrogen-bond donors (Lipinski definition) is 2. The van der Waals surface area contributed by atoms with Crippen molar-refractivity contribution >= 4 is 22.5 Å². The molecule has 2 aromatic carbocycles. The smallest absolute Gasteiger partial charge is 0.254 e. The summed E-state index contributed by atoms with van der Waals surface area (Å²) in [6, 6.07) is 11.4. The Morgan fingerprint density at radius 1 is 1.19 bits per heavy atom. The third-order valence-electron chi connectivity index (χ3n) is 4.93. The first-order valence-electron chi connectivity index (χ1n) is 8.58. The van der Waals surface area contributed by atoms with Gasteiger partial charge in [-0.25, -0.2) is 4.98 Å². The number of nitrogens with one attached hydrogen (secondary N) is 1. The lowest BCUT2D eigenvalue weighted by molar-refractivity contribution is 0.0596. The van der Waals surface area contributed by atoms with E-state index < -0.39 is 0 Å². The van der Waals surface area contributed by atoms with E-state index in [1.165, 1.54) is 11.6 Å². The molecular formula is C20H20N4O2. The van der Waals surface area contributed by atoms with Crippen molar-refractivity contribution in [3.63, 3.8) is 0 Å². The van der Waals surface area contributed by atoms with Gasteiger partial charge in [-0.1, -0.05) is 35.9 Å². The van der Waals surface area contributed by atoms with E-state index in [1.54, 1.807) is 4.90 Å². The zero-order valence-corrected chi connectivity index (χ0v) is 14.7. The van der Waals surface area contributed by atoms with Gasteiger partial charge in [-0.2, -0.15) is 0 Å². The lowest BCUT2D eigenvalue weighted by Gasteiger charge is -2.39. The first-order chi connectivity index (χ1) is 12.4. The van der Waals surface area contributed by atoms with Crippen LogP contribution in [-0.2, 0) is 0 Å². The van der Waals surface area contributed by atoms with Gasteiger partial charge in [0.2, 0.25) is 0 Å². The molecule has 26 heavy (non-hydrogen) atoms. The molecule has 3 N–H and O–H groups in total. The van der Waals surface area contributed by atoms with E-state index in [2.05, 4.69) is 22.1 Å². The summed E-state index contributed by atoms with van der Waals surface area (Å²) in [7, 11) is 0. The molecule has 1 fully saturated rings. The van der Waals surface area contributed by atoms with Gasteiger partial charge in [0.15, 0.2) is 0 Å². The zero-order chi connectivity index (χ0) is 18.4. The average molecular weight is 348 g/mol. The summed E-state index contributed by atoms with van der Waals surface area (Å²) in [6.45, 7) is 5.04. The Bertz CT molecular complexity index is 1080. The number of carbonyl (C=O) groups excluding carboxylic acids is 1. The minimum absolute atomic E-state index is 0.00711. The highest BCUT2D eigenvalue weighted by Crippen LogP contribution is 2.30. The number of benzene rings is 2. The fourth-order valence-corrected chi connectivity index (χ4v) is 3.51. The molecule has 2 heterocycles. The molecule has 1 amide bonds. The predicted octanol–water partition coefficient (Wildman–Crippen LogP) is 2.36. The number of aromatic amines is 1. The number of likely N-dealkylation sites (tertiary alicyclic amines) is 1. The Labute approximate surface area is 150 Å². The Morgan fingerprint density at radius 3 is 2.69 bits per heavy atom. The number of rotatable bonds is 2. The molecule has 0 spiro atoms. The Kier molecular flexibility index (Phi) is 3.76. The summed E-state index contributed by atoms with van der Waals surface area (Å²) in [4.78, 5) is 33.3. The number of nitrogens with two attached hydrogens (primary N) is 1. The SMILES string of the molecule is Cc1ccc2c(C(=O)N3CC(c4nc(N)cc(=O)[nH]4)C3)c(C)ccc2c1. The van der Waals surface area contributed by atoms with Crippen LogP contribution in [0.25, 0.3) is 10.8 Å². The van der Waals surface area contributed by atoms with Gasteiger partial charge in [-0.15, -0.1) is 0 Å². The van der Waals surface area contributed by atoms with Gasteiger partial charge < -0.3 is 15.6 Å². The molecular weight excluding hydrogens is 328 g/mol. The molecule has 1 aliphatic heterocycles. The maximum Gasteiger partial charge on any atom is 0.254 e. The summed E-state index contributed by atoms with van der Waals surface area (Å²) < 4.78 is 0. The summed E-state index contributed by atoms with van der Waals surface area (Å²) in [6.07, 6.45) is 0. The molecule has 3 aromatic rings. The minimum Gasteiger partial charge on any atom is -0.383 e. The number of aryl methyl sites for hydroxylation is 2. The van der Waals surface area contributed by atoms with Crippen molar-refractivity contribution in [1.82, 2.24) is 14.9 Å². The molecule has 1 aromatic heterocycles. The Balaban J connectivity index is 1.61. The van der Waals surface area contributed by atoms with Gasteiger partial charge in [0.1, 0.15) is 11.6 Å². The van der Waals surface area contributed by atoms with Crippen molar-refractivity contribution in [2.45, 2.75) is 19.8 Å². The molecule has 0 saturated carbocycles. The minimum atomic E-state index is -0.266. The fraction of sp³-hybridized carbons (Fsp3) is 0.250. The van der Waals surface area contributed by atoms with Crippen LogP contribution in [0.1, 0.15) is 33.2 Å². The normalized spacial score (nSPS) is 14.5. The Hall–Kier alpha value is -3.15. The average Bonchev–Trinajstić information content (AvgIpc) is 2.52. The standard InChI is InChI=1S/C20H20N4O2/c1-11-3-6-15-13(7-11)5-4-12(2)18(15)20(26)24-9-14(10-24)19-22-16(21)8-17(25)23-19/h3-8,14H,9-10H2,1-2H3,(H3,21,22,23,25). The second kappa shape index (κ2) is 5.98. The number of nitrogens with zero attached hydrogens (tertiary/aromatic N) is 2. The summed E-state index contributed by atoms with van der Waals surface area (Å²) >= 11 is 0. The van der Waals surface area contributed by atoms with Gasteiger partial charge in [-0.3, -0.25) is 9.59 Å². The third kappa shape index (κ3) is 2.73. The second-order valence-electron chi connectivity index (χ2n) is 6.94. The number of nitrogen functional groups attached to an aromatic ring is 1. The van der Waals surface area contributed by atoms with Gasteiger partial charge >= 0.3 is 0 Å². The van der Waals surface area contributed by atoms with E-state index in [0.29, 0.717) is 18.9 Å². The van der Waals surface area contributed by atoms with Crippen LogP contribution in [-0.4, -0.2) is 33.9 Å². The van der Waals surface area contributed by atoms with Gasteiger partial charge in [-0.05, 0) is 30.2 Å². The van der Waals surface area contributed by atoms with E-state index >= 15 is 0 Å². The zero-order valence-electron chi connectivity index (χ0n) is 14.7. The van der Waals surface area contributed by atoms with E-state index in [4.69, 9.17) is 5.73 Å². The molecule has 0 atom stereocenters. The summed E-state index contributed by atoms with van der Waals surface area (Å²) in [5.41, 5.74) is 8.25. The van der Waals surface area contributed by atoms with Crippen molar-refractivity contribution in [3.05, 3.63) is 69.3 Å². The number of carbonyl (C=O) groups is 1. The van der Waals surface area contributed by atoms with E-state index in [9.17, 15) is 9.59 Å². The number of H-pyrrole nitrogens is 1. The molecule has 132 valence electrons. The quantitative estimate of drug-likeness (QED) is 0.744. The maximum atomic E-state index is 13.1. The third-order valence-corrected chi connectivity index (χ3v) is 4.93. The van der Waals surface area contributed by atoms with Crippen LogP contribution in [0.15, 0.2) is 41.2 Å². The predicted molar refractivity (Wildman–Crippen MR) is 101 cm³/mol. The molecule has 0 unspecified atom stereocenters. The molecule has 0 bridgehead atoms. The molecule has 0 radical (unpaired) electrons. The van der Waals surface area contributed by atoms with Crippen LogP contribution in [0, 0.1) is 13.8 Å². The van der Waals surface area contributed by atoms with Crippen molar-refractivity contribution < 1.29 is 4.79 Å². The largest absolute Gasteiger partial charge is 0.383 e. The van der Waals surface area contributed by atoms with E-state index in [-0.39, 0.29) is 23.2 Å². The number of hydrogen-bond acceptors (Lipinski definition) is 4. The summed E-state index contributed by atoms with van der Waals surface area (Å²) in [5.74, 6) is 0.769. The van der Waals surface area contributed by atoms with Crippen molar-refractivity contribution in [2.24, 2.45) is 0 Å². The monoisotopic (exact) mass is 348 g/mol. The highest BCUT2D eigenvalue weighted by atomic mass is 16.2. The second-order valence-corrected chi connectivity index (χ2v) is 6.94. The topological polar surface area (TPSA) is 92.1 Å². The number of fused-ring (bicyclic) bond motifs is 1. The van der Waals surface area contributed by atoms with Gasteiger partial charge in [0, 0.05) is 19.2 Å². The van der Waals surface area contributed by atoms with Crippen LogP contribution < -0.4 is 11.3 Å². The molecule has 6 nitrogen and oxygen atoms in total. The van der Waals surface area contributed by atoms with Crippen LogP contribution in [0.2, 0.25) is 0 Å². The lowest BCUT2D eigenvalue weighted by atomic mass is 9.93. The molecule has 0 aliphatic carbocycles. The Morgan fingerprint density at radius 2 is 1.96 bits per heavy atom. The molecule has 4 rings (SSSR count). The number of aromatic nitrogens is 2. The van der Waals surface area contributed by atoms with E-state index in [1.807, 2.05) is 32.0 Å². The summed E-state index contributed by atoms with van der Waals surface area (Å²) in [5, 5.41) is 2.04. The fourth-order valence-electron chi connectivity index (χ4n) is 3.51. The lowest BCUT2D eigenvalue weighted by Crippen LogP contribution is -2.49. The first kappa shape index (κ1) is 16.3. The molecule has 1 saturated heterocycles. The van der Waals surface area contributed by atoms with Gasteiger partial charge in [0.25, 0.3) is 11.5 Å². The number of amides is 1. The number of anilines is 1. The van der Waals surface area contributed by atoms with Gasteiger partial charge in [0.05, 0.1) is 11.5 Å². The maximum absolute atomic E-state index is 13.1. The van der Waals surface area contributed by atoms with Crippen LogP contribution in [0.5, 0.6) is 0 Å². The van der Waals surface area contributed by atoms with Crippen molar-refractivity contribution in [1.29, 1.82) is 0 Å². The van der Waals surface area contributed by atoms with Crippen LogP contribution in [0.4, 0.5) is 5.82 Å². The van der Waals surface area contributed by atoms with E-state index in [0.717, 1.165) is 21.9 Å². The molecule has 1 aliphatic rings. The van der Waals surface area contributed by atoms with Crippen LogP contribution in [0.3, 0.4) is 0 Å². The highest BCUT2D eigenvalue weighted by Gasteiger charge is 2.35. The molecule has 6 heteroatoms.